The van der Waals surface area contributed by atoms with E-state index in [4.69, 9.17) is 21.7 Å². The number of aromatic nitrogens is 2. The number of ketones is 1. The molecule has 1 aromatic rings. The molecule has 1 unspecified atom stereocenters. The second-order valence-electron chi connectivity index (χ2n) is 7.40. The first-order chi connectivity index (χ1) is 12.0. The van der Waals surface area contributed by atoms with E-state index >= 15 is 0 Å². The van der Waals surface area contributed by atoms with Crippen LogP contribution in [0.25, 0.3) is 0 Å². The quantitative estimate of drug-likeness (QED) is 0.529. The SMILES string of the molecule is C=P(C)(C)CCC1O[C@@H](n2cc(CC(C)=O)c(=O)[nH]c2=S)[C@H](OC)[C@@H]1O. The van der Waals surface area contributed by atoms with Crippen LogP contribution in [0, 0.1) is 4.77 Å². The van der Waals surface area contributed by atoms with Crippen LogP contribution in [0.2, 0.25) is 0 Å². The van der Waals surface area contributed by atoms with Gasteiger partial charge in [-0.1, -0.05) is 0 Å². The van der Waals surface area contributed by atoms with Crippen LogP contribution in [0.1, 0.15) is 25.1 Å². The Morgan fingerprint density at radius 1 is 1.54 bits per heavy atom. The van der Waals surface area contributed by atoms with Gasteiger partial charge in [0.05, 0.1) is 6.10 Å². The highest BCUT2D eigenvalue weighted by Crippen LogP contribution is 2.40. The summed E-state index contributed by atoms with van der Waals surface area (Å²) in [5, 5.41) is 10.6. The number of nitrogens with one attached hydrogen (secondary N) is 1. The van der Waals surface area contributed by atoms with Crippen molar-refractivity contribution in [3.63, 3.8) is 0 Å². The molecule has 2 rings (SSSR count). The standard InChI is InChI=1S/C17H27N2O5PS/c1-10(20)8-11-9-19(17(26)18-15(11)22)16-14(23-2)13(21)12(24-16)6-7-25(3,4)5/h9,12-14,16,21H,3,6-8H2,1-2,4-5H3,(H,18,22,26)/t12?,13-,14-,16-/m1/s1. The van der Waals surface area contributed by atoms with E-state index in [1.165, 1.54) is 20.2 Å². The van der Waals surface area contributed by atoms with Crippen molar-refractivity contribution < 1.29 is 19.4 Å². The molecule has 146 valence electrons. The predicted molar refractivity (Wildman–Crippen MR) is 106 cm³/mol. The van der Waals surface area contributed by atoms with E-state index in [1.807, 2.05) is 0 Å². The smallest absolute Gasteiger partial charge is 0.255 e. The number of carbonyl (C=O) groups is 1. The van der Waals surface area contributed by atoms with Gasteiger partial charge in [-0.3, -0.25) is 19.1 Å². The maximum absolute atomic E-state index is 12.0. The number of ether oxygens (including phenoxy) is 2. The van der Waals surface area contributed by atoms with E-state index in [1.54, 1.807) is 4.57 Å². The molecular formula is C17H27N2O5PS. The Balaban J connectivity index is 2.34. The molecule has 7 nitrogen and oxygen atoms in total. The van der Waals surface area contributed by atoms with Crippen LogP contribution in [0.3, 0.4) is 0 Å². The van der Waals surface area contributed by atoms with Gasteiger partial charge in [-0.15, -0.1) is 13.2 Å². The molecule has 0 radical (unpaired) electrons. The predicted octanol–water partition coefficient (Wildman–Crippen LogP) is 1.41. The van der Waals surface area contributed by atoms with E-state index in [-0.39, 0.29) is 17.0 Å². The minimum absolute atomic E-state index is 0.00146. The van der Waals surface area contributed by atoms with Crippen molar-refractivity contribution in [2.75, 3.05) is 26.6 Å². The summed E-state index contributed by atoms with van der Waals surface area (Å²) in [5.41, 5.74) is -0.0959. The summed E-state index contributed by atoms with van der Waals surface area (Å²) in [5.74, 6) is -0.130. The lowest BCUT2D eigenvalue weighted by molar-refractivity contribution is -0.116. The number of H-pyrrole nitrogens is 1. The van der Waals surface area contributed by atoms with Gasteiger partial charge in [0.25, 0.3) is 5.56 Å². The van der Waals surface area contributed by atoms with Gasteiger partial charge in [0.15, 0.2) is 11.0 Å². The zero-order chi connectivity index (χ0) is 19.6. The molecule has 0 saturated carbocycles. The van der Waals surface area contributed by atoms with Gasteiger partial charge in [0.2, 0.25) is 0 Å². The van der Waals surface area contributed by atoms with Crippen LogP contribution < -0.4 is 5.56 Å². The minimum Gasteiger partial charge on any atom is -0.388 e. The number of Topliss-reactive ketones (excluding diaryl/α,β-unsaturated/α-hetero) is 1. The number of methoxy groups -OCH3 is 1. The Morgan fingerprint density at radius 2 is 2.19 bits per heavy atom. The molecular weight excluding hydrogens is 375 g/mol. The normalized spacial score (nSPS) is 26.2. The molecule has 1 saturated heterocycles. The Morgan fingerprint density at radius 3 is 2.73 bits per heavy atom. The van der Waals surface area contributed by atoms with Crippen molar-refractivity contribution in [1.29, 1.82) is 0 Å². The summed E-state index contributed by atoms with van der Waals surface area (Å²) >= 11 is 5.25. The van der Waals surface area contributed by atoms with E-state index in [0.717, 1.165) is 6.16 Å². The van der Waals surface area contributed by atoms with Gasteiger partial charge in [-0.2, -0.15) is 0 Å². The monoisotopic (exact) mass is 402 g/mol. The fourth-order valence-electron chi connectivity index (χ4n) is 3.02. The molecule has 0 aromatic carbocycles. The van der Waals surface area contributed by atoms with Crippen LogP contribution in [0.4, 0.5) is 0 Å². The first-order valence-corrected chi connectivity index (χ1v) is 11.9. The van der Waals surface area contributed by atoms with Crippen LogP contribution in [-0.2, 0) is 20.7 Å². The second kappa shape index (κ2) is 8.31. The Hall–Kier alpha value is -1.05. The van der Waals surface area contributed by atoms with Gasteiger partial charge in [0, 0.05) is 25.3 Å². The maximum atomic E-state index is 12.0. The van der Waals surface area contributed by atoms with Crippen molar-refractivity contribution in [2.45, 2.75) is 44.3 Å². The summed E-state index contributed by atoms with van der Waals surface area (Å²) in [6.07, 6.45) is 4.72. The Kier molecular flexibility index (Phi) is 6.80. The van der Waals surface area contributed by atoms with Gasteiger partial charge < -0.3 is 14.6 Å². The lowest BCUT2D eigenvalue weighted by Crippen LogP contribution is -2.34. The highest BCUT2D eigenvalue weighted by Gasteiger charge is 2.45. The lowest BCUT2D eigenvalue weighted by atomic mass is 10.1. The number of hydrogen-bond donors (Lipinski definition) is 2. The number of aromatic amines is 1. The fourth-order valence-corrected chi connectivity index (χ4v) is 4.23. The molecule has 2 heterocycles. The third-order valence-electron chi connectivity index (χ3n) is 4.36. The maximum Gasteiger partial charge on any atom is 0.255 e. The van der Waals surface area contributed by atoms with Gasteiger partial charge in [-0.05, 0) is 45.1 Å². The topological polar surface area (TPSA) is 93.6 Å². The summed E-state index contributed by atoms with van der Waals surface area (Å²) in [7, 11) is 1.50. The summed E-state index contributed by atoms with van der Waals surface area (Å²) in [4.78, 5) is 26.0. The van der Waals surface area contributed by atoms with Crippen molar-refractivity contribution in [3.05, 3.63) is 26.9 Å². The molecule has 0 bridgehead atoms. The lowest BCUT2D eigenvalue weighted by Gasteiger charge is -2.21. The van der Waals surface area contributed by atoms with Crippen molar-refractivity contribution in [3.8, 4) is 0 Å². The highest BCUT2D eigenvalue weighted by atomic mass is 32.1. The van der Waals surface area contributed by atoms with Crippen LogP contribution >= 0.6 is 19.1 Å². The third kappa shape index (κ3) is 5.02. The average Bonchev–Trinajstić information content (AvgIpc) is 2.82. The summed E-state index contributed by atoms with van der Waals surface area (Å²) in [6.45, 7) is 4.43. The molecule has 1 aromatic heterocycles. The summed E-state index contributed by atoms with van der Waals surface area (Å²) < 4.78 is 13.2. The van der Waals surface area contributed by atoms with E-state index in [2.05, 4.69) is 24.6 Å². The highest BCUT2D eigenvalue weighted by molar-refractivity contribution is 7.72. The largest absolute Gasteiger partial charge is 0.388 e. The average molecular weight is 402 g/mol. The van der Waals surface area contributed by atoms with Crippen molar-refractivity contribution in [2.24, 2.45) is 0 Å². The van der Waals surface area contributed by atoms with Gasteiger partial charge >= 0.3 is 0 Å². The molecule has 26 heavy (non-hydrogen) atoms. The van der Waals surface area contributed by atoms with E-state index in [0.29, 0.717) is 12.0 Å². The number of carbonyl (C=O) groups excluding carboxylic acids is 1. The molecule has 0 aliphatic carbocycles. The van der Waals surface area contributed by atoms with Crippen LogP contribution in [0.5, 0.6) is 0 Å². The zero-order valence-corrected chi connectivity index (χ0v) is 17.3. The first kappa shape index (κ1) is 21.3. The number of aliphatic hydroxyl groups excluding tert-OH is 1. The summed E-state index contributed by atoms with van der Waals surface area (Å²) in [6, 6.07) is 0. The molecule has 0 spiro atoms. The van der Waals surface area contributed by atoms with E-state index < -0.39 is 37.0 Å². The molecule has 4 atom stereocenters. The van der Waals surface area contributed by atoms with E-state index in [9.17, 15) is 14.7 Å². The minimum atomic E-state index is -1.25. The molecule has 1 fully saturated rings. The molecule has 0 amide bonds. The molecule has 1 aliphatic rings. The number of nitrogens with zero attached hydrogens (tertiary/aromatic N) is 1. The number of rotatable bonds is 7. The molecule has 1 aliphatic heterocycles. The number of hydrogen-bond acceptors (Lipinski definition) is 6. The van der Waals surface area contributed by atoms with Crippen molar-refractivity contribution in [1.82, 2.24) is 9.55 Å². The Bertz CT molecular complexity index is 827. The Labute approximate surface area is 158 Å². The third-order valence-corrected chi connectivity index (χ3v) is 6.14. The van der Waals surface area contributed by atoms with Crippen molar-refractivity contribution >= 4 is 31.2 Å². The number of aliphatic hydroxyl groups is 1. The molecule has 2 N–H and O–H groups in total. The van der Waals surface area contributed by atoms with Crippen LogP contribution in [-0.4, -0.2) is 71.7 Å². The zero-order valence-electron chi connectivity index (χ0n) is 15.6. The van der Waals surface area contributed by atoms with Crippen LogP contribution in [0.15, 0.2) is 11.0 Å². The van der Waals surface area contributed by atoms with Gasteiger partial charge in [0.1, 0.15) is 18.0 Å². The fraction of sp³-hybridized carbons (Fsp3) is 0.647. The first-order valence-electron chi connectivity index (χ1n) is 8.41. The molecule has 9 heteroatoms. The van der Waals surface area contributed by atoms with Gasteiger partial charge in [-0.25, -0.2) is 0 Å². The second-order valence-corrected chi connectivity index (χ2v) is 12.1.